The second kappa shape index (κ2) is 12.6. The lowest BCUT2D eigenvalue weighted by Crippen LogP contribution is -2.53. The van der Waals surface area contributed by atoms with Gasteiger partial charge in [-0.3, -0.25) is 10.2 Å². The number of carbonyl (C=O) groups excluding carboxylic acids is 2. The number of nitrogens with one attached hydrogen (secondary N) is 2. The number of aliphatic carboxylic acids is 1. The maximum Gasteiger partial charge on any atom is 0.353 e. The number of benzene rings is 1. The van der Waals surface area contributed by atoms with Crippen LogP contribution in [0.3, 0.4) is 0 Å². The van der Waals surface area contributed by atoms with Gasteiger partial charge in [-0.25, -0.2) is 14.0 Å². The molecule has 12 heteroatoms. The molecule has 2 rings (SSSR count). The van der Waals surface area contributed by atoms with Crippen molar-refractivity contribution in [3.63, 3.8) is 0 Å². The second-order valence-corrected chi connectivity index (χ2v) is 9.08. The molecule has 35 heavy (non-hydrogen) atoms. The molecule has 0 aliphatic rings. The van der Waals surface area contributed by atoms with Crippen molar-refractivity contribution in [1.82, 2.24) is 5.32 Å². The topological polar surface area (TPSA) is 163 Å². The fourth-order valence-corrected chi connectivity index (χ4v) is 4.43. The Labute approximate surface area is 212 Å². The molecule has 1 unspecified atom stereocenters. The Morgan fingerprint density at radius 2 is 1.86 bits per heavy atom. The van der Waals surface area contributed by atoms with Crippen LogP contribution in [0.2, 0.25) is 0 Å². The van der Waals surface area contributed by atoms with Crippen LogP contribution in [0.1, 0.15) is 53.7 Å². The van der Waals surface area contributed by atoms with Crippen molar-refractivity contribution in [3.05, 3.63) is 51.5 Å². The fraction of sp³-hybridized carbons (Fsp3) is 0.391. The van der Waals surface area contributed by atoms with Crippen LogP contribution < -0.4 is 15.8 Å². The van der Waals surface area contributed by atoms with E-state index in [0.717, 1.165) is 17.4 Å². The average molecular weight is 530 g/mol. The van der Waals surface area contributed by atoms with Gasteiger partial charge in [0.1, 0.15) is 10.7 Å². The van der Waals surface area contributed by atoms with Crippen LogP contribution in [0.4, 0.5) is 4.39 Å². The van der Waals surface area contributed by atoms with Crippen LogP contribution >= 0.6 is 23.7 Å². The second-order valence-electron chi connectivity index (χ2n) is 7.91. The van der Waals surface area contributed by atoms with E-state index >= 15 is 0 Å². The normalized spacial score (nSPS) is 12.7. The van der Waals surface area contributed by atoms with Crippen molar-refractivity contribution in [2.24, 2.45) is 11.1 Å². The van der Waals surface area contributed by atoms with E-state index in [1.807, 2.05) is 0 Å². The minimum absolute atomic E-state index is 0. The van der Waals surface area contributed by atoms with Gasteiger partial charge in [0, 0.05) is 10.4 Å². The van der Waals surface area contributed by atoms with E-state index in [1.165, 1.54) is 25.1 Å². The Bertz CT molecular complexity index is 1090. The van der Waals surface area contributed by atoms with Gasteiger partial charge in [-0.1, -0.05) is 13.8 Å². The number of esters is 1. The molecule has 0 fully saturated rings. The smallest absolute Gasteiger partial charge is 0.353 e. The van der Waals surface area contributed by atoms with E-state index in [9.17, 15) is 29.0 Å². The average Bonchev–Trinajstić information content (AvgIpc) is 3.24. The number of aliphatic hydroxyl groups is 1. The maximum absolute atomic E-state index is 14.2. The molecule has 9 nitrogen and oxygen atoms in total. The van der Waals surface area contributed by atoms with Crippen LogP contribution in [0.25, 0.3) is 0 Å². The first-order chi connectivity index (χ1) is 15.9. The maximum atomic E-state index is 14.2. The highest BCUT2D eigenvalue weighted by Gasteiger charge is 2.38. The Kier molecular flexibility index (Phi) is 10.8. The number of rotatable bonds is 11. The molecule has 6 N–H and O–H groups in total. The third-order valence-corrected chi connectivity index (χ3v) is 6.76. The van der Waals surface area contributed by atoms with Gasteiger partial charge in [-0.05, 0) is 56.5 Å². The van der Waals surface area contributed by atoms with E-state index in [-0.39, 0.29) is 40.9 Å². The van der Waals surface area contributed by atoms with Gasteiger partial charge in [-0.2, -0.15) is 0 Å². The van der Waals surface area contributed by atoms with Crippen molar-refractivity contribution in [2.75, 3.05) is 0 Å². The lowest BCUT2D eigenvalue weighted by atomic mass is 9.77. The third-order valence-electron chi connectivity index (χ3n) is 5.69. The molecule has 1 aromatic carbocycles. The number of nitrogen functional groups attached to an aromatic ring is 1. The molecule has 2 atom stereocenters. The number of aliphatic hydroxyl groups excluding tert-OH is 1. The number of hydrogen-bond acceptors (Lipinski definition) is 7. The molecule has 2 aromatic rings. The molecule has 1 aromatic heterocycles. The number of ether oxygens (including phenoxy) is 1. The monoisotopic (exact) mass is 529 g/mol. The summed E-state index contributed by atoms with van der Waals surface area (Å²) in [6, 6.07) is 5.30. The van der Waals surface area contributed by atoms with Crippen molar-refractivity contribution in [1.29, 1.82) is 5.41 Å². The first-order valence-corrected chi connectivity index (χ1v) is 11.4. The minimum atomic E-state index is -1.44. The number of thiophene rings is 1. The summed E-state index contributed by atoms with van der Waals surface area (Å²) in [6.45, 7) is 4.89. The molecule has 0 saturated heterocycles. The standard InChI is InChI=1S/C23H28FN3O6S.ClH/c1-4-23(5-2,22(32)27-18(12(3)28)20(29)30)11-14-7-9-17(34-14)21(31)33-16-8-6-13(19(25)26)10-15(16)24;/h6-10,12,18,28H,4-5,11H2,1-3H3,(H3,25,26)(H,27,32)(H,29,30);1H/t12?,18-;/m0./s1. The van der Waals surface area contributed by atoms with E-state index in [1.54, 1.807) is 19.9 Å². The summed E-state index contributed by atoms with van der Waals surface area (Å²) in [7, 11) is 0. The van der Waals surface area contributed by atoms with Crippen LogP contribution in [-0.2, 0) is 16.0 Å². The van der Waals surface area contributed by atoms with E-state index in [4.69, 9.17) is 15.9 Å². The van der Waals surface area contributed by atoms with Gasteiger partial charge in [0.05, 0.1) is 11.5 Å². The lowest BCUT2D eigenvalue weighted by Gasteiger charge is -2.32. The number of amidine groups is 1. The van der Waals surface area contributed by atoms with Gasteiger partial charge >= 0.3 is 11.9 Å². The number of amides is 1. The van der Waals surface area contributed by atoms with Crippen LogP contribution in [0.5, 0.6) is 5.75 Å². The van der Waals surface area contributed by atoms with Gasteiger partial charge in [0.15, 0.2) is 17.6 Å². The van der Waals surface area contributed by atoms with E-state index in [2.05, 4.69) is 5.32 Å². The summed E-state index contributed by atoms with van der Waals surface area (Å²) < 4.78 is 19.3. The van der Waals surface area contributed by atoms with Crippen molar-refractivity contribution in [3.8, 4) is 5.75 Å². The van der Waals surface area contributed by atoms with E-state index < -0.39 is 41.2 Å². The Morgan fingerprint density at radius 3 is 2.34 bits per heavy atom. The highest BCUT2D eigenvalue weighted by Crippen LogP contribution is 2.34. The minimum Gasteiger partial charge on any atom is -0.480 e. The zero-order valence-electron chi connectivity index (χ0n) is 19.5. The van der Waals surface area contributed by atoms with Crippen LogP contribution in [0, 0.1) is 16.6 Å². The highest BCUT2D eigenvalue weighted by molar-refractivity contribution is 7.14. The molecular weight excluding hydrogens is 501 g/mol. The largest absolute Gasteiger partial charge is 0.480 e. The van der Waals surface area contributed by atoms with Crippen molar-refractivity contribution >= 4 is 47.4 Å². The number of carboxylic acid groups (broad SMARTS) is 1. The zero-order valence-corrected chi connectivity index (χ0v) is 21.1. The molecule has 0 aliphatic heterocycles. The Balaban J connectivity index is 0.00000612. The molecule has 1 heterocycles. The lowest BCUT2D eigenvalue weighted by molar-refractivity contribution is -0.147. The van der Waals surface area contributed by atoms with Gasteiger partial charge in [-0.15, -0.1) is 23.7 Å². The van der Waals surface area contributed by atoms with Crippen molar-refractivity contribution < 1.29 is 33.7 Å². The molecule has 0 saturated carbocycles. The third kappa shape index (κ3) is 7.23. The quantitative estimate of drug-likeness (QED) is 0.129. The number of carbonyl (C=O) groups is 3. The predicted octanol–water partition coefficient (Wildman–Crippen LogP) is 3.11. The number of carboxylic acids is 1. The summed E-state index contributed by atoms with van der Waals surface area (Å²) >= 11 is 1.08. The summed E-state index contributed by atoms with van der Waals surface area (Å²) in [5.74, 6) is -4.09. The molecule has 0 radical (unpaired) electrons. The van der Waals surface area contributed by atoms with Crippen LogP contribution in [0.15, 0.2) is 30.3 Å². The molecule has 0 spiro atoms. The SMILES string of the molecule is CCC(CC)(Cc1ccc(C(=O)Oc2ccc(C(=N)N)cc2F)s1)C(=O)N[C@H](C(=O)O)C(C)O.Cl. The molecule has 192 valence electrons. The molecule has 0 bridgehead atoms. The summed E-state index contributed by atoms with van der Waals surface area (Å²) in [5.41, 5.74) is 4.52. The fourth-order valence-electron chi connectivity index (χ4n) is 3.40. The van der Waals surface area contributed by atoms with Gasteiger partial charge in [0.25, 0.3) is 0 Å². The molecule has 1 amide bonds. The first kappa shape index (κ1) is 30.0. The van der Waals surface area contributed by atoms with E-state index in [0.29, 0.717) is 17.7 Å². The molecular formula is C23H29ClFN3O6S. The Hall–Kier alpha value is -3.02. The number of hydrogen-bond donors (Lipinski definition) is 5. The van der Waals surface area contributed by atoms with Crippen molar-refractivity contribution in [2.45, 2.75) is 52.2 Å². The van der Waals surface area contributed by atoms with Crippen LogP contribution in [-0.4, -0.2) is 46.0 Å². The number of nitrogens with two attached hydrogens (primary N) is 1. The number of halogens is 2. The molecule has 0 aliphatic carbocycles. The van der Waals surface area contributed by atoms with Gasteiger partial charge in [0.2, 0.25) is 5.91 Å². The highest BCUT2D eigenvalue weighted by atomic mass is 35.5. The van der Waals surface area contributed by atoms with Gasteiger partial charge < -0.3 is 26.0 Å². The zero-order chi connectivity index (χ0) is 25.6. The summed E-state index contributed by atoms with van der Waals surface area (Å²) in [6.07, 6.45) is -0.252. The summed E-state index contributed by atoms with van der Waals surface area (Å²) in [4.78, 5) is 37.8. The predicted molar refractivity (Wildman–Crippen MR) is 132 cm³/mol. The summed E-state index contributed by atoms with van der Waals surface area (Å²) in [5, 5.41) is 28.7. The Morgan fingerprint density at radius 1 is 1.23 bits per heavy atom. The first-order valence-electron chi connectivity index (χ1n) is 10.6.